The Kier molecular flexibility index (Phi) is 14.5. The van der Waals surface area contributed by atoms with Gasteiger partial charge >= 0.3 is 0 Å². The number of fused-ring (bicyclic) bond motifs is 7. The molecule has 16 heteroatoms. The normalized spacial score (nSPS) is 18.7. The van der Waals surface area contributed by atoms with Crippen molar-refractivity contribution < 1.29 is 42.9 Å². The lowest BCUT2D eigenvalue weighted by Gasteiger charge is -2.24. The number of hydrogen-bond acceptors (Lipinski definition) is 12. The predicted molar refractivity (Wildman–Crippen MR) is 295 cm³/mol. The lowest BCUT2D eigenvalue weighted by Crippen LogP contribution is -2.52. The van der Waals surface area contributed by atoms with E-state index < -0.39 is 12.1 Å². The Morgan fingerprint density at radius 2 is 1.25 bits per heavy atom. The molecular formula is C61H63N7O9. The zero-order valence-corrected chi connectivity index (χ0v) is 43.9. The van der Waals surface area contributed by atoms with Crippen LogP contribution in [0.4, 0.5) is 17.1 Å². The molecule has 77 heavy (non-hydrogen) atoms. The van der Waals surface area contributed by atoms with Crippen molar-refractivity contribution in [3.05, 3.63) is 143 Å². The van der Waals surface area contributed by atoms with Crippen LogP contribution in [0.2, 0.25) is 0 Å². The van der Waals surface area contributed by atoms with Crippen molar-refractivity contribution in [1.82, 2.24) is 20.4 Å². The van der Waals surface area contributed by atoms with Crippen molar-refractivity contribution in [1.29, 1.82) is 0 Å². The molecule has 11 rings (SSSR count). The van der Waals surface area contributed by atoms with Gasteiger partial charge in [0, 0.05) is 61.4 Å². The van der Waals surface area contributed by atoms with Crippen molar-refractivity contribution in [2.75, 3.05) is 46.1 Å². The summed E-state index contributed by atoms with van der Waals surface area (Å²) < 4.78 is 29.8. The lowest BCUT2D eigenvalue weighted by molar-refractivity contribution is -0.128. The zero-order chi connectivity index (χ0) is 53.3. The van der Waals surface area contributed by atoms with Crippen LogP contribution < -0.4 is 34.9 Å². The van der Waals surface area contributed by atoms with Crippen LogP contribution in [-0.2, 0) is 14.3 Å². The number of nitrogens with zero attached hydrogens (tertiary/aromatic N) is 4. The first kappa shape index (κ1) is 51.0. The third kappa shape index (κ3) is 10.5. The van der Waals surface area contributed by atoms with Gasteiger partial charge in [0.05, 0.1) is 81.4 Å². The summed E-state index contributed by atoms with van der Waals surface area (Å²) in [6.45, 7) is 6.78. The van der Waals surface area contributed by atoms with Crippen LogP contribution in [0.5, 0.6) is 23.0 Å². The van der Waals surface area contributed by atoms with Gasteiger partial charge in [0.25, 0.3) is 11.8 Å². The minimum absolute atomic E-state index is 0.0631. The SMILES string of the molecule is COc1cc2c(cc1OCCCOc1cc3c(cc1OC)C(=O)N1C=C(C4CC4)C[C@H]1C=N3)N=C[C@@H]1CC(c3ccc(NC(=O)[C@H](C)NC(=O)[C@@H](NCOCC4c5ccccc5-c5ccccc54)C(C)C)cc3)=CN1C2=O. The van der Waals surface area contributed by atoms with E-state index in [-0.39, 0.29) is 60.9 Å². The topological polar surface area (TPSA) is 182 Å². The zero-order valence-electron chi connectivity index (χ0n) is 43.9. The number of ether oxygens (including phenoxy) is 5. The minimum Gasteiger partial charge on any atom is -0.493 e. The van der Waals surface area contributed by atoms with Crippen LogP contribution in [-0.4, -0.2) is 111 Å². The summed E-state index contributed by atoms with van der Waals surface area (Å²) in [5.41, 5.74) is 10.5. The highest BCUT2D eigenvalue weighted by molar-refractivity contribution is 6.06. The minimum atomic E-state index is -0.812. The molecule has 5 aromatic carbocycles. The second-order valence-corrected chi connectivity index (χ2v) is 20.7. The van der Waals surface area contributed by atoms with E-state index in [2.05, 4.69) is 52.3 Å². The molecule has 0 aromatic heterocycles. The van der Waals surface area contributed by atoms with Crippen LogP contribution in [0.25, 0.3) is 16.7 Å². The van der Waals surface area contributed by atoms with E-state index in [4.69, 9.17) is 33.7 Å². The van der Waals surface area contributed by atoms with Gasteiger partial charge in [-0.25, -0.2) is 0 Å². The maximum atomic E-state index is 14.1. The molecule has 5 aromatic rings. The van der Waals surface area contributed by atoms with Crippen molar-refractivity contribution in [2.45, 2.75) is 83.0 Å². The number of aliphatic imine (C=N–C) groups is 2. The van der Waals surface area contributed by atoms with Crippen LogP contribution >= 0.6 is 0 Å². The number of benzene rings is 5. The Bertz CT molecular complexity index is 3210. The van der Waals surface area contributed by atoms with Gasteiger partial charge in [-0.05, 0) is 101 Å². The highest BCUT2D eigenvalue weighted by Crippen LogP contribution is 2.46. The Hall–Kier alpha value is -8.08. The predicted octanol–water partition coefficient (Wildman–Crippen LogP) is 9.59. The van der Waals surface area contributed by atoms with E-state index in [1.165, 1.54) is 47.8 Å². The van der Waals surface area contributed by atoms with Gasteiger partial charge in [-0.1, -0.05) is 74.5 Å². The molecule has 3 N–H and O–H groups in total. The van der Waals surface area contributed by atoms with Crippen molar-refractivity contribution in [2.24, 2.45) is 21.8 Å². The van der Waals surface area contributed by atoms with Gasteiger partial charge in [-0.15, -0.1) is 0 Å². The average Bonchev–Trinajstić information content (AvgIpc) is 4.04. The summed E-state index contributed by atoms with van der Waals surface area (Å²) >= 11 is 0. The second-order valence-electron chi connectivity index (χ2n) is 20.7. The smallest absolute Gasteiger partial charge is 0.260 e. The highest BCUT2D eigenvalue weighted by atomic mass is 16.5. The molecule has 4 amide bonds. The van der Waals surface area contributed by atoms with Gasteiger partial charge in [0.2, 0.25) is 11.8 Å². The maximum absolute atomic E-state index is 14.1. The third-order valence-corrected chi connectivity index (χ3v) is 15.2. The summed E-state index contributed by atoms with van der Waals surface area (Å²) in [5, 5.41) is 9.05. The van der Waals surface area contributed by atoms with E-state index in [9.17, 15) is 19.2 Å². The van der Waals surface area contributed by atoms with Crippen LogP contribution in [0, 0.1) is 11.8 Å². The third-order valence-electron chi connectivity index (χ3n) is 15.2. The quantitative estimate of drug-likeness (QED) is 0.0502. The fraction of sp³-hybridized carbons (Fsp3) is 0.344. The van der Waals surface area contributed by atoms with E-state index >= 15 is 0 Å². The first-order valence-corrected chi connectivity index (χ1v) is 26.5. The molecule has 6 aliphatic rings. The summed E-state index contributed by atoms with van der Waals surface area (Å²) in [6, 6.07) is 29.3. The van der Waals surface area contributed by atoms with E-state index in [0.29, 0.717) is 83.2 Å². The Balaban J connectivity index is 0.651. The molecular weight excluding hydrogens is 975 g/mol. The summed E-state index contributed by atoms with van der Waals surface area (Å²) in [6.07, 6.45) is 11.7. The average molecular weight is 1040 g/mol. The van der Waals surface area contributed by atoms with Gasteiger partial charge in [-0.2, -0.15) is 0 Å². The van der Waals surface area contributed by atoms with Crippen molar-refractivity contribution >= 4 is 58.7 Å². The lowest BCUT2D eigenvalue weighted by atomic mass is 9.98. The Labute approximate surface area is 448 Å². The molecule has 1 saturated carbocycles. The standard InChI is InChI=1S/C61H63N7O9/c1-35(2)57(64-34-75-33-50-46-13-8-6-11-44(46)45-12-7-9-14-47(45)50)59(70)65-36(3)58(69)66-41-19-17-38(18-20-41)40-24-43-30-63-52-28-56(54(74-5)26-49(52)61(72)68(43)32-40)77-22-10-21-76-55-27-51-48(25-53(55)73-4)60(71)67-31-39(37-15-16-37)23-42(67)29-62-51/h6-9,11-14,17-20,25-32,35-37,42-43,50,57,64H,10,15-16,21-24,33-34H2,1-5H3,(H,65,70)(H,66,69)/t36-,42-,43-,57-/m0/s1. The monoisotopic (exact) mass is 1040 g/mol. The largest absolute Gasteiger partial charge is 0.493 e. The number of carbonyl (C=O) groups excluding carboxylic acids is 4. The van der Waals surface area contributed by atoms with Crippen LogP contribution in [0.15, 0.2) is 125 Å². The van der Waals surface area contributed by atoms with E-state index in [0.717, 1.165) is 17.6 Å². The first-order valence-electron chi connectivity index (χ1n) is 26.5. The number of hydrogen-bond donors (Lipinski definition) is 3. The molecule has 4 atom stereocenters. The van der Waals surface area contributed by atoms with Gasteiger partial charge in [-0.3, -0.25) is 34.5 Å². The molecule has 0 saturated heterocycles. The van der Waals surface area contributed by atoms with E-state index in [1.807, 2.05) is 56.7 Å². The molecule has 2 aliphatic carbocycles. The molecule has 1 fully saturated rings. The summed E-state index contributed by atoms with van der Waals surface area (Å²) in [7, 11) is 3.08. The fourth-order valence-corrected chi connectivity index (χ4v) is 10.9. The first-order chi connectivity index (χ1) is 37.5. The number of amides is 4. The summed E-state index contributed by atoms with van der Waals surface area (Å²) in [5.74, 6) is 1.44. The second kappa shape index (κ2) is 21.9. The molecule has 0 unspecified atom stereocenters. The highest BCUT2D eigenvalue weighted by Gasteiger charge is 2.39. The number of rotatable bonds is 20. The molecule has 4 aliphatic heterocycles. The molecule has 4 heterocycles. The Morgan fingerprint density at radius 1 is 0.675 bits per heavy atom. The van der Waals surface area contributed by atoms with E-state index in [1.54, 1.807) is 66.4 Å². The molecule has 0 spiro atoms. The fourth-order valence-electron chi connectivity index (χ4n) is 10.9. The Morgan fingerprint density at radius 3 is 1.82 bits per heavy atom. The van der Waals surface area contributed by atoms with Crippen LogP contribution in [0.1, 0.15) is 96.2 Å². The summed E-state index contributed by atoms with van der Waals surface area (Å²) in [4.78, 5) is 67.5. The molecule has 16 nitrogen and oxygen atoms in total. The number of carbonyl (C=O) groups is 4. The molecule has 0 bridgehead atoms. The number of methoxy groups -OCH3 is 2. The van der Waals surface area contributed by atoms with Crippen molar-refractivity contribution in [3.8, 4) is 34.1 Å². The van der Waals surface area contributed by atoms with Gasteiger partial charge < -0.3 is 44.1 Å². The maximum Gasteiger partial charge on any atom is 0.260 e. The van der Waals surface area contributed by atoms with Gasteiger partial charge in [0.1, 0.15) is 6.04 Å². The molecule has 396 valence electrons. The van der Waals surface area contributed by atoms with Gasteiger partial charge in [0.15, 0.2) is 23.0 Å². The van der Waals surface area contributed by atoms with Crippen LogP contribution in [0.3, 0.4) is 0 Å². The van der Waals surface area contributed by atoms with Crippen molar-refractivity contribution in [3.63, 3.8) is 0 Å². The number of anilines is 1. The molecule has 0 radical (unpaired) electrons. The number of nitrogens with one attached hydrogen (secondary N) is 3.